The summed E-state index contributed by atoms with van der Waals surface area (Å²) in [5.41, 5.74) is 2.36. The maximum absolute atomic E-state index is 12.9. The first kappa shape index (κ1) is 18.7. The fraction of sp³-hybridized carbons (Fsp3) is 0.300. The number of carbonyl (C=O) groups excluding carboxylic acids is 1. The lowest BCUT2D eigenvalue weighted by Crippen LogP contribution is -2.21. The zero-order valence-electron chi connectivity index (χ0n) is 16.4. The van der Waals surface area contributed by atoms with Crippen LogP contribution in [0.15, 0.2) is 29.1 Å². The molecule has 1 amide bonds. The molecule has 29 heavy (non-hydrogen) atoms. The monoisotopic (exact) mass is 395 g/mol. The Hall–Kier alpha value is -3.62. The molecular weight excluding hydrogens is 374 g/mol. The van der Waals surface area contributed by atoms with E-state index in [1.807, 2.05) is 0 Å². The number of fused-ring (bicyclic) bond motifs is 1. The molecular formula is C20H21N5O4. The summed E-state index contributed by atoms with van der Waals surface area (Å²) < 4.78 is 11.9. The van der Waals surface area contributed by atoms with Gasteiger partial charge in [0.1, 0.15) is 17.3 Å². The molecule has 2 aromatic heterocycles. The van der Waals surface area contributed by atoms with Crippen LogP contribution in [0.5, 0.6) is 11.5 Å². The lowest BCUT2D eigenvalue weighted by Gasteiger charge is -2.12. The molecule has 150 valence electrons. The van der Waals surface area contributed by atoms with E-state index in [9.17, 15) is 9.59 Å². The fourth-order valence-corrected chi connectivity index (χ4v) is 3.45. The number of benzene rings is 1. The van der Waals surface area contributed by atoms with Crippen molar-refractivity contribution in [3.05, 3.63) is 57.1 Å². The second kappa shape index (κ2) is 7.42. The molecule has 0 atom stereocenters. The molecule has 3 aromatic rings. The van der Waals surface area contributed by atoms with Crippen molar-refractivity contribution in [1.29, 1.82) is 0 Å². The minimum absolute atomic E-state index is 0.162. The lowest BCUT2D eigenvalue weighted by molar-refractivity contribution is 0.102. The molecule has 0 saturated heterocycles. The third-order valence-corrected chi connectivity index (χ3v) is 4.86. The number of amides is 1. The number of nitrogens with one attached hydrogen (secondary N) is 2. The summed E-state index contributed by atoms with van der Waals surface area (Å²) in [6, 6.07) is 6.65. The van der Waals surface area contributed by atoms with Gasteiger partial charge in [-0.2, -0.15) is 9.78 Å². The standard InChI is InChI=1S/C20H21N5O4/c1-11-9-17(22-19(27)14-8-7-12(28-2)10-16(14)29-3)25(24-11)20-21-15-6-4-5-13(15)18(26)23-20/h7-10H,4-6H2,1-3H3,(H,22,27)(H,21,23,26). The van der Waals surface area contributed by atoms with Crippen LogP contribution in [0.2, 0.25) is 0 Å². The first-order valence-electron chi connectivity index (χ1n) is 9.22. The van der Waals surface area contributed by atoms with E-state index in [1.54, 1.807) is 38.3 Å². The van der Waals surface area contributed by atoms with Gasteiger partial charge in [0.25, 0.3) is 11.5 Å². The smallest absolute Gasteiger partial charge is 0.260 e. The predicted octanol–water partition coefficient (Wildman–Crippen LogP) is 2.02. The summed E-state index contributed by atoms with van der Waals surface area (Å²) in [4.78, 5) is 32.6. The van der Waals surface area contributed by atoms with Gasteiger partial charge >= 0.3 is 0 Å². The molecule has 1 aliphatic carbocycles. The van der Waals surface area contributed by atoms with Crippen molar-refractivity contribution in [2.75, 3.05) is 19.5 Å². The molecule has 0 saturated carbocycles. The Labute approximate surface area is 166 Å². The number of anilines is 1. The Morgan fingerprint density at radius 2 is 2.03 bits per heavy atom. The molecule has 9 nitrogen and oxygen atoms in total. The first-order chi connectivity index (χ1) is 14.0. The van der Waals surface area contributed by atoms with E-state index in [0.29, 0.717) is 28.6 Å². The second-order valence-corrected chi connectivity index (χ2v) is 6.77. The van der Waals surface area contributed by atoms with Gasteiger partial charge in [-0.15, -0.1) is 0 Å². The van der Waals surface area contributed by atoms with Crippen LogP contribution in [0.25, 0.3) is 5.95 Å². The summed E-state index contributed by atoms with van der Waals surface area (Å²) in [7, 11) is 3.03. The van der Waals surface area contributed by atoms with Crippen molar-refractivity contribution < 1.29 is 14.3 Å². The third-order valence-electron chi connectivity index (χ3n) is 4.86. The minimum Gasteiger partial charge on any atom is -0.497 e. The Morgan fingerprint density at radius 1 is 1.21 bits per heavy atom. The summed E-state index contributed by atoms with van der Waals surface area (Å²) >= 11 is 0. The van der Waals surface area contributed by atoms with E-state index in [0.717, 1.165) is 30.5 Å². The largest absolute Gasteiger partial charge is 0.497 e. The van der Waals surface area contributed by atoms with Crippen molar-refractivity contribution in [2.24, 2.45) is 0 Å². The summed E-state index contributed by atoms with van der Waals surface area (Å²) in [5, 5.41) is 7.21. The number of carbonyl (C=O) groups is 1. The van der Waals surface area contributed by atoms with Crippen LogP contribution < -0.4 is 20.3 Å². The highest BCUT2D eigenvalue weighted by Gasteiger charge is 2.21. The van der Waals surface area contributed by atoms with Gasteiger partial charge in [-0.05, 0) is 38.3 Å². The van der Waals surface area contributed by atoms with Gasteiger partial charge in [0, 0.05) is 17.7 Å². The van der Waals surface area contributed by atoms with Crippen molar-refractivity contribution in [3.8, 4) is 17.4 Å². The fourth-order valence-electron chi connectivity index (χ4n) is 3.45. The van der Waals surface area contributed by atoms with Gasteiger partial charge < -0.3 is 14.8 Å². The Balaban J connectivity index is 1.69. The summed E-state index contributed by atoms with van der Waals surface area (Å²) in [5.74, 6) is 1.26. The average molecular weight is 395 g/mol. The predicted molar refractivity (Wildman–Crippen MR) is 106 cm³/mol. The zero-order valence-corrected chi connectivity index (χ0v) is 16.4. The van der Waals surface area contributed by atoms with Crippen LogP contribution in [0.3, 0.4) is 0 Å². The van der Waals surface area contributed by atoms with Gasteiger partial charge in [-0.3, -0.25) is 14.6 Å². The van der Waals surface area contributed by atoms with Crippen LogP contribution in [0.1, 0.15) is 33.7 Å². The van der Waals surface area contributed by atoms with E-state index in [2.05, 4.69) is 20.4 Å². The Kier molecular flexibility index (Phi) is 4.79. The number of methoxy groups -OCH3 is 2. The lowest BCUT2D eigenvalue weighted by atomic mass is 10.1. The van der Waals surface area contributed by atoms with Crippen molar-refractivity contribution in [2.45, 2.75) is 26.2 Å². The Bertz CT molecular complexity index is 1150. The van der Waals surface area contributed by atoms with Crippen molar-refractivity contribution >= 4 is 11.7 Å². The summed E-state index contributed by atoms with van der Waals surface area (Å²) in [6.07, 6.45) is 2.40. The number of aryl methyl sites for hydroxylation is 2. The minimum atomic E-state index is -0.380. The molecule has 0 fully saturated rings. The SMILES string of the molecule is COc1ccc(C(=O)Nc2cc(C)nn2-c2nc3c(c(=O)[nH]2)CCC3)c(OC)c1. The molecule has 1 aliphatic rings. The molecule has 4 rings (SSSR count). The number of rotatable bonds is 5. The Morgan fingerprint density at radius 3 is 2.79 bits per heavy atom. The third kappa shape index (κ3) is 3.46. The quantitative estimate of drug-likeness (QED) is 0.684. The van der Waals surface area contributed by atoms with Crippen LogP contribution >= 0.6 is 0 Å². The molecule has 0 aliphatic heterocycles. The molecule has 2 heterocycles. The number of hydrogen-bond donors (Lipinski definition) is 2. The van der Waals surface area contributed by atoms with Gasteiger partial charge in [0.15, 0.2) is 0 Å². The number of ether oxygens (including phenoxy) is 2. The second-order valence-electron chi connectivity index (χ2n) is 6.77. The van der Waals surface area contributed by atoms with Gasteiger partial charge in [-0.25, -0.2) is 4.98 Å². The van der Waals surface area contributed by atoms with Crippen molar-refractivity contribution in [3.63, 3.8) is 0 Å². The van der Waals surface area contributed by atoms with E-state index in [4.69, 9.17) is 9.47 Å². The molecule has 9 heteroatoms. The maximum Gasteiger partial charge on any atom is 0.260 e. The number of hydrogen-bond acceptors (Lipinski definition) is 6. The maximum atomic E-state index is 12.9. The van der Waals surface area contributed by atoms with E-state index in [1.165, 1.54) is 11.8 Å². The highest BCUT2D eigenvalue weighted by atomic mass is 16.5. The number of aromatic nitrogens is 4. The number of nitrogens with zero attached hydrogens (tertiary/aromatic N) is 3. The molecule has 0 bridgehead atoms. The van der Waals surface area contributed by atoms with E-state index < -0.39 is 0 Å². The molecule has 0 radical (unpaired) electrons. The van der Waals surface area contributed by atoms with E-state index >= 15 is 0 Å². The van der Waals surface area contributed by atoms with Crippen LogP contribution in [0, 0.1) is 6.92 Å². The van der Waals surface area contributed by atoms with Crippen LogP contribution in [0.4, 0.5) is 5.82 Å². The first-order valence-corrected chi connectivity index (χ1v) is 9.22. The topological polar surface area (TPSA) is 111 Å². The zero-order chi connectivity index (χ0) is 20.5. The molecule has 0 spiro atoms. The van der Waals surface area contributed by atoms with Crippen LogP contribution in [-0.4, -0.2) is 39.9 Å². The van der Waals surface area contributed by atoms with Gasteiger partial charge in [0.2, 0.25) is 5.95 Å². The van der Waals surface area contributed by atoms with Gasteiger partial charge in [-0.1, -0.05) is 0 Å². The number of H-pyrrole nitrogens is 1. The average Bonchev–Trinajstić information content (AvgIpc) is 3.33. The number of aromatic amines is 1. The van der Waals surface area contributed by atoms with Gasteiger partial charge in [0.05, 0.1) is 31.2 Å². The normalized spacial score (nSPS) is 12.5. The molecule has 2 N–H and O–H groups in total. The van der Waals surface area contributed by atoms with E-state index in [-0.39, 0.29) is 17.4 Å². The molecule has 1 aromatic carbocycles. The van der Waals surface area contributed by atoms with Crippen molar-refractivity contribution in [1.82, 2.24) is 19.7 Å². The highest BCUT2D eigenvalue weighted by Crippen LogP contribution is 2.26. The molecule has 0 unspecified atom stereocenters. The summed E-state index contributed by atoms with van der Waals surface area (Å²) in [6.45, 7) is 1.80. The van der Waals surface area contributed by atoms with Crippen LogP contribution in [-0.2, 0) is 12.8 Å². The highest BCUT2D eigenvalue weighted by molar-refractivity contribution is 6.06.